The number of hydrogen-bond donors (Lipinski definition) is 1. The highest BCUT2D eigenvalue weighted by molar-refractivity contribution is 7.99. The van der Waals surface area contributed by atoms with Crippen LogP contribution in [0.25, 0.3) is 0 Å². The lowest BCUT2D eigenvalue weighted by molar-refractivity contribution is 0.470. The van der Waals surface area contributed by atoms with E-state index in [1.54, 1.807) is 0 Å². The molecule has 0 fully saturated rings. The van der Waals surface area contributed by atoms with Crippen molar-refractivity contribution in [2.75, 3.05) is 12.8 Å². The Morgan fingerprint density at radius 3 is 2.28 bits per heavy atom. The van der Waals surface area contributed by atoms with Crippen LogP contribution in [-0.4, -0.2) is 12.8 Å². The van der Waals surface area contributed by atoms with Crippen molar-refractivity contribution in [3.05, 3.63) is 29.8 Å². The molecule has 2 heteroatoms. The molecule has 0 aliphatic carbocycles. The van der Waals surface area contributed by atoms with Gasteiger partial charge in [-0.15, -0.1) is 11.8 Å². The topological polar surface area (TPSA) is 12.0 Å². The van der Waals surface area contributed by atoms with E-state index < -0.39 is 0 Å². The third-order valence-electron chi connectivity index (χ3n) is 3.22. The first-order chi connectivity index (χ1) is 8.67. The average Bonchev–Trinajstić information content (AvgIpc) is 2.36. The van der Waals surface area contributed by atoms with E-state index in [1.807, 2.05) is 11.8 Å². The predicted octanol–water partition coefficient (Wildman–Crippen LogP) is 4.89. The van der Waals surface area contributed by atoms with Crippen LogP contribution >= 0.6 is 11.8 Å². The van der Waals surface area contributed by atoms with Gasteiger partial charge in [-0.05, 0) is 42.8 Å². The summed E-state index contributed by atoms with van der Waals surface area (Å²) >= 11 is 1.90. The molecular formula is C16H27NS. The van der Waals surface area contributed by atoms with Crippen molar-refractivity contribution in [2.45, 2.75) is 51.0 Å². The molecule has 1 N–H and O–H groups in total. The van der Waals surface area contributed by atoms with Gasteiger partial charge in [0.05, 0.1) is 0 Å². The van der Waals surface area contributed by atoms with E-state index in [1.165, 1.54) is 29.7 Å². The van der Waals surface area contributed by atoms with Crippen molar-refractivity contribution in [1.29, 1.82) is 0 Å². The molecular weight excluding hydrogens is 238 g/mol. The highest BCUT2D eigenvalue weighted by Crippen LogP contribution is 2.24. The van der Waals surface area contributed by atoms with Gasteiger partial charge in [0, 0.05) is 10.9 Å². The Kier molecular flexibility index (Phi) is 7.45. The molecule has 0 aromatic heterocycles. The lowest BCUT2D eigenvalue weighted by Crippen LogP contribution is -2.16. The summed E-state index contributed by atoms with van der Waals surface area (Å²) in [5.41, 5.74) is 1.42. The van der Waals surface area contributed by atoms with Gasteiger partial charge in [-0.3, -0.25) is 0 Å². The second kappa shape index (κ2) is 8.60. The molecule has 0 saturated heterocycles. The Labute approximate surface area is 117 Å². The van der Waals surface area contributed by atoms with Crippen molar-refractivity contribution in [3.63, 3.8) is 0 Å². The molecule has 0 bridgehead atoms. The van der Waals surface area contributed by atoms with Crippen molar-refractivity contribution in [2.24, 2.45) is 5.92 Å². The van der Waals surface area contributed by atoms with Crippen molar-refractivity contribution >= 4 is 11.8 Å². The van der Waals surface area contributed by atoms with Gasteiger partial charge in [-0.25, -0.2) is 0 Å². The first kappa shape index (κ1) is 15.6. The Bertz CT molecular complexity index is 318. The highest BCUT2D eigenvalue weighted by Gasteiger charge is 2.09. The number of rotatable bonds is 8. The Morgan fingerprint density at radius 1 is 1.11 bits per heavy atom. The third kappa shape index (κ3) is 5.45. The highest BCUT2D eigenvalue weighted by atomic mass is 32.2. The standard InChI is InChI=1S/C16H27NS/c1-5-18-15-11-9-14(10-12-15)16(17-4)8-6-7-13(2)3/h9-13,16-17H,5-8H2,1-4H3. The number of benzene rings is 1. The molecule has 1 rings (SSSR count). The average molecular weight is 265 g/mol. The summed E-state index contributed by atoms with van der Waals surface area (Å²) in [6.45, 7) is 6.79. The van der Waals surface area contributed by atoms with Gasteiger partial charge in [0.15, 0.2) is 0 Å². The van der Waals surface area contributed by atoms with Crippen LogP contribution in [0, 0.1) is 5.92 Å². The van der Waals surface area contributed by atoms with Gasteiger partial charge in [0.25, 0.3) is 0 Å². The van der Waals surface area contributed by atoms with Crippen LogP contribution in [0.2, 0.25) is 0 Å². The molecule has 0 aliphatic rings. The second-order valence-corrected chi connectivity index (χ2v) is 6.51. The van der Waals surface area contributed by atoms with Crippen LogP contribution < -0.4 is 5.32 Å². The lowest BCUT2D eigenvalue weighted by Gasteiger charge is -2.17. The molecule has 1 unspecified atom stereocenters. The minimum Gasteiger partial charge on any atom is -0.313 e. The molecule has 0 saturated carbocycles. The third-order valence-corrected chi connectivity index (χ3v) is 4.11. The fraction of sp³-hybridized carbons (Fsp3) is 0.625. The Morgan fingerprint density at radius 2 is 1.78 bits per heavy atom. The molecule has 1 atom stereocenters. The van der Waals surface area contributed by atoms with E-state index >= 15 is 0 Å². The Hall–Kier alpha value is -0.470. The van der Waals surface area contributed by atoms with E-state index in [2.05, 4.69) is 57.4 Å². The van der Waals surface area contributed by atoms with Crippen LogP contribution in [-0.2, 0) is 0 Å². The summed E-state index contributed by atoms with van der Waals surface area (Å²) in [6, 6.07) is 9.54. The first-order valence-corrected chi connectivity index (χ1v) is 8.06. The van der Waals surface area contributed by atoms with E-state index in [0.717, 1.165) is 11.7 Å². The number of thioether (sulfide) groups is 1. The minimum atomic E-state index is 0.504. The second-order valence-electron chi connectivity index (χ2n) is 5.17. The van der Waals surface area contributed by atoms with Crippen LogP contribution in [0.1, 0.15) is 51.6 Å². The van der Waals surface area contributed by atoms with Gasteiger partial charge in [-0.1, -0.05) is 45.7 Å². The summed E-state index contributed by atoms with van der Waals surface area (Å²) in [5.74, 6) is 1.95. The van der Waals surface area contributed by atoms with E-state index in [0.29, 0.717) is 6.04 Å². The molecule has 1 nitrogen and oxygen atoms in total. The largest absolute Gasteiger partial charge is 0.313 e. The fourth-order valence-corrected chi connectivity index (χ4v) is 2.83. The minimum absolute atomic E-state index is 0.504. The predicted molar refractivity (Wildman–Crippen MR) is 83.3 cm³/mol. The normalized spacial score (nSPS) is 12.9. The van der Waals surface area contributed by atoms with Gasteiger partial charge in [-0.2, -0.15) is 0 Å². The maximum Gasteiger partial charge on any atom is 0.0317 e. The van der Waals surface area contributed by atoms with Crippen LogP contribution in [0.15, 0.2) is 29.2 Å². The molecule has 18 heavy (non-hydrogen) atoms. The lowest BCUT2D eigenvalue weighted by atomic mass is 9.98. The summed E-state index contributed by atoms with van der Waals surface area (Å²) < 4.78 is 0. The van der Waals surface area contributed by atoms with Crippen LogP contribution in [0.4, 0.5) is 0 Å². The molecule has 0 radical (unpaired) electrons. The van der Waals surface area contributed by atoms with E-state index in [-0.39, 0.29) is 0 Å². The molecule has 1 aromatic rings. The summed E-state index contributed by atoms with van der Waals surface area (Å²) in [4.78, 5) is 1.37. The quantitative estimate of drug-likeness (QED) is 0.672. The van der Waals surface area contributed by atoms with Gasteiger partial charge < -0.3 is 5.32 Å². The fourth-order valence-electron chi connectivity index (χ4n) is 2.17. The van der Waals surface area contributed by atoms with Crippen molar-refractivity contribution < 1.29 is 0 Å². The molecule has 0 amide bonds. The number of nitrogens with one attached hydrogen (secondary N) is 1. The van der Waals surface area contributed by atoms with Gasteiger partial charge in [0.1, 0.15) is 0 Å². The van der Waals surface area contributed by atoms with Gasteiger partial charge in [0.2, 0.25) is 0 Å². The zero-order chi connectivity index (χ0) is 13.4. The monoisotopic (exact) mass is 265 g/mol. The maximum atomic E-state index is 3.44. The molecule has 0 spiro atoms. The van der Waals surface area contributed by atoms with Crippen LogP contribution in [0.3, 0.4) is 0 Å². The molecule has 1 aromatic carbocycles. The summed E-state index contributed by atoms with van der Waals surface area (Å²) in [5, 5.41) is 3.44. The van der Waals surface area contributed by atoms with Gasteiger partial charge >= 0.3 is 0 Å². The SMILES string of the molecule is CCSc1ccc(C(CCCC(C)C)NC)cc1. The summed E-state index contributed by atoms with van der Waals surface area (Å²) in [6.07, 6.45) is 3.85. The smallest absolute Gasteiger partial charge is 0.0317 e. The first-order valence-electron chi connectivity index (χ1n) is 7.07. The van der Waals surface area contributed by atoms with Crippen LogP contribution in [0.5, 0.6) is 0 Å². The van der Waals surface area contributed by atoms with Crippen molar-refractivity contribution in [3.8, 4) is 0 Å². The van der Waals surface area contributed by atoms with Crippen molar-refractivity contribution in [1.82, 2.24) is 5.32 Å². The number of hydrogen-bond acceptors (Lipinski definition) is 2. The Balaban J connectivity index is 2.53. The zero-order valence-corrected chi connectivity index (χ0v) is 13.0. The van der Waals surface area contributed by atoms with E-state index in [9.17, 15) is 0 Å². The molecule has 0 aliphatic heterocycles. The maximum absolute atomic E-state index is 3.44. The molecule has 0 heterocycles. The van der Waals surface area contributed by atoms with E-state index in [4.69, 9.17) is 0 Å². The summed E-state index contributed by atoms with van der Waals surface area (Å²) in [7, 11) is 2.06. The zero-order valence-electron chi connectivity index (χ0n) is 12.2. The molecule has 102 valence electrons.